The second-order valence-electron chi connectivity index (χ2n) is 6.42. The summed E-state index contributed by atoms with van der Waals surface area (Å²) in [6.45, 7) is 2.39. The molecule has 1 aliphatic rings. The van der Waals surface area contributed by atoms with Gasteiger partial charge in [-0.2, -0.15) is 0 Å². The molecule has 0 saturated carbocycles. The average Bonchev–Trinajstić information content (AvgIpc) is 2.67. The van der Waals surface area contributed by atoms with Crippen LogP contribution in [0.3, 0.4) is 0 Å². The Morgan fingerprint density at radius 2 is 1.84 bits per heavy atom. The first-order valence-electron chi connectivity index (χ1n) is 8.72. The van der Waals surface area contributed by atoms with Gasteiger partial charge in [0.25, 0.3) is 11.5 Å². The van der Waals surface area contributed by atoms with E-state index in [0.717, 1.165) is 25.9 Å². The fourth-order valence-electron chi connectivity index (χ4n) is 3.35. The van der Waals surface area contributed by atoms with Gasteiger partial charge in [-0.05, 0) is 30.4 Å². The molecule has 1 saturated heterocycles. The summed E-state index contributed by atoms with van der Waals surface area (Å²) in [7, 11) is 1.59. The van der Waals surface area contributed by atoms with Gasteiger partial charge in [0.05, 0.1) is 12.2 Å². The fraction of sp³-hybridized carbons (Fsp3) is 0.400. The predicted octanol–water partition coefficient (Wildman–Crippen LogP) is 2.51. The summed E-state index contributed by atoms with van der Waals surface area (Å²) in [6.07, 6.45) is 3.59. The van der Waals surface area contributed by atoms with Crippen LogP contribution in [0.5, 0.6) is 0 Å². The van der Waals surface area contributed by atoms with Crippen molar-refractivity contribution < 1.29 is 9.53 Å². The number of nitrogens with zero attached hydrogens (tertiary/aromatic N) is 2. The van der Waals surface area contributed by atoms with Crippen LogP contribution in [0.1, 0.15) is 34.7 Å². The van der Waals surface area contributed by atoms with Crippen LogP contribution in [0.2, 0.25) is 0 Å². The molecule has 1 aromatic carbocycles. The van der Waals surface area contributed by atoms with E-state index in [-0.39, 0.29) is 11.5 Å². The molecule has 0 spiro atoms. The molecule has 1 amide bonds. The maximum absolute atomic E-state index is 12.8. The number of amides is 1. The van der Waals surface area contributed by atoms with E-state index >= 15 is 0 Å². The van der Waals surface area contributed by atoms with Crippen LogP contribution in [-0.4, -0.2) is 42.2 Å². The molecule has 5 nitrogen and oxygen atoms in total. The fourth-order valence-corrected chi connectivity index (χ4v) is 3.35. The van der Waals surface area contributed by atoms with E-state index in [0.29, 0.717) is 24.6 Å². The number of likely N-dealkylation sites (tertiary alicyclic amines) is 1. The van der Waals surface area contributed by atoms with Crippen molar-refractivity contribution >= 4 is 5.91 Å². The zero-order valence-electron chi connectivity index (χ0n) is 14.6. The maximum Gasteiger partial charge on any atom is 0.255 e. The van der Waals surface area contributed by atoms with Gasteiger partial charge in [-0.3, -0.25) is 9.59 Å². The number of methoxy groups -OCH3 is 1. The molecule has 25 heavy (non-hydrogen) atoms. The zero-order chi connectivity index (χ0) is 17.6. The molecule has 2 heterocycles. The van der Waals surface area contributed by atoms with E-state index in [9.17, 15) is 9.59 Å². The van der Waals surface area contributed by atoms with Crippen LogP contribution in [0.15, 0.2) is 53.5 Å². The average molecular weight is 340 g/mol. The quantitative estimate of drug-likeness (QED) is 0.840. The van der Waals surface area contributed by atoms with Crippen LogP contribution in [0, 0.1) is 0 Å². The number of hydrogen-bond acceptors (Lipinski definition) is 3. The van der Waals surface area contributed by atoms with E-state index < -0.39 is 0 Å². The van der Waals surface area contributed by atoms with Gasteiger partial charge >= 0.3 is 0 Å². The molecule has 0 atom stereocenters. The molecule has 5 heteroatoms. The molecule has 0 N–H and O–H groups in total. The minimum absolute atomic E-state index is 0.00215. The summed E-state index contributed by atoms with van der Waals surface area (Å²) >= 11 is 0. The smallest absolute Gasteiger partial charge is 0.255 e. The number of carbonyl (C=O) groups excluding carboxylic acids is 1. The third-order valence-electron chi connectivity index (χ3n) is 4.82. The van der Waals surface area contributed by atoms with Gasteiger partial charge in [-0.25, -0.2) is 0 Å². The van der Waals surface area contributed by atoms with Gasteiger partial charge in [0.15, 0.2) is 0 Å². The second kappa shape index (κ2) is 8.12. The minimum atomic E-state index is -0.114. The molecular formula is C20H24N2O3. The van der Waals surface area contributed by atoms with Crippen molar-refractivity contribution in [3.05, 3.63) is 70.1 Å². The third kappa shape index (κ3) is 4.17. The van der Waals surface area contributed by atoms with Crippen LogP contribution in [0.4, 0.5) is 0 Å². The van der Waals surface area contributed by atoms with Crippen molar-refractivity contribution in [2.45, 2.75) is 25.3 Å². The highest BCUT2D eigenvalue weighted by Gasteiger charge is 2.24. The summed E-state index contributed by atoms with van der Waals surface area (Å²) in [5, 5.41) is 0. The van der Waals surface area contributed by atoms with Gasteiger partial charge in [0.1, 0.15) is 0 Å². The van der Waals surface area contributed by atoms with E-state index in [4.69, 9.17) is 4.74 Å². The highest BCUT2D eigenvalue weighted by Crippen LogP contribution is 2.28. The minimum Gasteiger partial charge on any atom is -0.383 e. The molecule has 132 valence electrons. The number of ether oxygens (including phenoxy) is 1. The van der Waals surface area contributed by atoms with Crippen LogP contribution >= 0.6 is 0 Å². The molecule has 0 aliphatic carbocycles. The molecule has 0 radical (unpaired) electrons. The summed E-state index contributed by atoms with van der Waals surface area (Å²) < 4.78 is 6.55. The Bertz CT molecular complexity index is 762. The molecular weight excluding hydrogens is 316 g/mol. The van der Waals surface area contributed by atoms with E-state index in [2.05, 4.69) is 24.3 Å². The van der Waals surface area contributed by atoms with E-state index in [1.807, 2.05) is 11.0 Å². The number of piperidine rings is 1. The van der Waals surface area contributed by atoms with Crippen LogP contribution in [-0.2, 0) is 11.3 Å². The van der Waals surface area contributed by atoms with Crippen molar-refractivity contribution in [1.82, 2.24) is 9.47 Å². The number of aromatic nitrogens is 1. The lowest BCUT2D eigenvalue weighted by Gasteiger charge is -2.32. The molecule has 1 aromatic heterocycles. The zero-order valence-corrected chi connectivity index (χ0v) is 14.6. The maximum atomic E-state index is 12.8. The normalized spacial score (nSPS) is 15.3. The van der Waals surface area contributed by atoms with Gasteiger partial charge in [0.2, 0.25) is 0 Å². The molecule has 0 bridgehead atoms. The lowest BCUT2D eigenvalue weighted by Crippen LogP contribution is -2.38. The number of pyridine rings is 1. The Morgan fingerprint density at radius 1 is 1.12 bits per heavy atom. The summed E-state index contributed by atoms with van der Waals surface area (Å²) in [5.74, 6) is 0.513. The van der Waals surface area contributed by atoms with Gasteiger partial charge in [-0.1, -0.05) is 30.3 Å². The summed E-state index contributed by atoms with van der Waals surface area (Å²) in [6, 6.07) is 13.6. The first-order valence-corrected chi connectivity index (χ1v) is 8.72. The monoisotopic (exact) mass is 340 g/mol. The standard InChI is InChI=1S/C20H24N2O3/c1-25-14-13-22-15-18(7-8-19(22)23)20(24)21-11-9-17(10-12-21)16-5-3-2-4-6-16/h2-8,15,17H,9-14H2,1H3. The number of rotatable bonds is 5. The Balaban J connectivity index is 1.65. The Hall–Kier alpha value is -2.40. The first-order chi connectivity index (χ1) is 12.2. The molecule has 3 rings (SSSR count). The third-order valence-corrected chi connectivity index (χ3v) is 4.82. The van der Waals surface area contributed by atoms with Gasteiger partial charge in [0, 0.05) is 39.0 Å². The Morgan fingerprint density at radius 3 is 2.52 bits per heavy atom. The number of benzene rings is 1. The second-order valence-corrected chi connectivity index (χ2v) is 6.42. The number of carbonyl (C=O) groups is 1. The van der Waals surface area contributed by atoms with Crippen molar-refractivity contribution in [1.29, 1.82) is 0 Å². The SMILES string of the molecule is COCCn1cc(C(=O)N2CCC(c3ccccc3)CC2)ccc1=O. The molecule has 2 aromatic rings. The van der Waals surface area contributed by atoms with Crippen molar-refractivity contribution in [3.8, 4) is 0 Å². The lowest BCUT2D eigenvalue weighted by molar-refractivity contribution is 0.0711. The summed E-state index contributed by atoms with van der Waals surface area (Å²) in [5.41, 5.74) is 1.80. The van der Waals surface area contributed by atoms with Crippen LogP contribution in [0.25, 0.3) is 0 Å². The Labute approximate surface area is 147 Å². The van der Waals surface area contributed by atoms with Gasteiger partial charge in [-0.15, -0.1) is 0 Å². The van der Waals surface area contributed by atoms with E-state index in [1.54, 1.807) is 19.4 Å². The van der Waals surface area contributed by atoms with Crippen molar-refractivity contribution in [2.24, 2.45) is 0 Å². The Kier molecular flexibility index (Phi) is 5.66. The number of hydrogen-bond donors (Lipinski definition) is 0. The molecule has 1 aliphatic heterocycles. The lowest BCUT2D eigenvalue weighted by atomic mass is 9.89. The highest BCUT2D eigenvalue weighted by atomic mass is 16.5. The summed E-state index contributed by atoms with van der Waals surface area (Å²) in [4.78, 5) is 26.5. The molecule has 1 fully saturated rings. The van der Waals surface area contributed by atoms with Crippen LogP contribution < -0.4 is 5.56 Å². The van der Waals surface area contributed by atoms with E-state index in [1.165, 1.54) is 16.2 Å². The van der Waals surface area contributed by atoms with Crippen molar-refractivity contribution in [3.63, 3.8) is 0 Å². The first kappa shape index (κ1) is 17.4. The molecule has 0 unspecified atom stereocenters. The highest BCUT2D eigenvalue weighted by molar-refractivity contribution is 5.94. The largest absolute Gasteiger partial charge is 0.383 e. The van der Waals surface area contributed by atoms with Gasteiger partial charge < -0.3 is 14.2 Å². The predicted molar refractivity (Wildman–Crippen MR) is 96.9 cm³/mol. The van der Waals surface area contributed by atoms with Crippen molar-refractivity contribution in [2.75, 3.05) is 26.8 Å². The topological polar surface area (TPSA) is 51.5 Å².